The minimum absolute atomic E-state index is 0.138. The Labute approximate surface area is 409 Å². The quantitative estimate of drug-likeness (QED) is 0.133. The van der Waals surface area contributed by atoms with E-state index in [1.807, 2.05) is 49.5 Å². The number of fused-ring (bicyclic) bond motifs is 2. The molecule has 70 heavy (non-hydrogen) atoms. The lowest BCUT2D eigenvalue weighted by Gasteiger charge is -2.45. The summed E-state index contributed by atoms with van der Waals surface area (Å²) in [4.78, 5) is 25.1. The van der Waals surface area contributed by atoms with Gasteiger partial charge in [-0.15, -0.1) is 0 Å². The summed E-state index contributed by atoms with van der Waals surface area (Å²) in [7, 11) is -4.67. The van der Waals surface area contributed by atoms with Gasteiger partial charge in [-0.1, -0.05) is 86.8 Å². The second-order valence-electron chi connectivity index (χ2n) is 18.3. The fraction of sp³-hybridized carbons (Fsp3) is 0.702. The van der Waals surface area contributed by atoms with Gasteiger partial charge in [0, 0.05) is 31.1 Å². The monoisotopic (exact) mass is 1020 g/mol. The van der Waals surface area contributed by atoms with E-state index in [0.29, 0.717) is 0 Å². The highest BCUT2D eigenvalue weighted by Crippen LogP contribution is 2.38. The predicted octanol–water partition coefficient (Wildman–Crippen LogP) is 0.283. The fourth-order valence-corrected chi connectivity index (χ4v) is 8.11. The molecule has 0 aromatic rings. The van der Waals surface area contributed by atoms with Crippen LogP contribution in [-0.2, 0) is 38.9 Å². The highest BCUT2D eigenvalue weighted by Gasteiger charge is 2.51. The largest absolute Gasteiger partial charge is 0.481 e. The molecule has 0 spiro atoms. The normalized spacial score (nSPS) is 42.8. The maximum absolute atomic E-state index is 12.6. The maximum atomic E-state index is 12.6. The summed E-state index contributed by atoms with van der Waals surface area (Å²) >= 11 is 0. The van der Waals surface area contributed by atoms with Crippen molar-refractivity contribution in [2.24, 2.45) is 23.5 Å². The Kier molecular flexibility index (Phi) is 27.5. The first kappa shape index (κ1) is 62.8. The zero-order chi connectivity index (χ0) is 52.9. The minimum Gasteiger partial charge on any atom is -0.481 e. The Balaban J connectivity index is 0.00000319. The average Bonchev–Trinajstić information content (AvgIpc) is 3.24. The number of carbonyl (C=O) groups is 2. The van der Waals surface area contributed by atoms with Crippen molar-refractivity contribution < 1.29 is 102 Å². The lowest BCUT2D eigenvalue weighted by atomic mass is 9.82. The molecule has 2 bridgehead atoms. The van der Waals surface area contributed by atoms with Crippen LogP contribution in [0.2, 0.25) is 0 Å². The lowest BCUT2D eigenvalue weighted by Crippen LogP contribution is -2.61. The van der Waals surface area contributed by atoms with E-state index >= 15 is 0 Å². The van der Waals surface area contributed by atoms with Crippen molar-refractivity contribution in [1.29, 1.82) is 0 Å². The van der Waals surface area contributed by atoms with Crippen LogP contribution < -0.4 is 5.73 Å². The predicted molar refractivity (Wildman–Crippen MR) is 251 cm³/mol. The summed E-state index contributed by atoms with van der Waals surface area (Å²) in [6.07, 6.45) is 2.28. The smallest absolute Gasteiger partial charge is 0.394 e. The Morgan fingerprint density at radius 3 is 1.86 bits per heavy atom. The zero-order valence-corrected chi connectivity index (χ0v) is 40.8. The van der Waals surface area contributed by atoms with Gasteiger partial charge in [-0.25, -0.2) is 0 Å². The molecule has 0 amide bonds. The molecule has 23 heteroatoms. The molecule has 22 nitrogen and oxygen atoms in total. The third-order valence-corrected chi connectivity index (χ3v) is 12.2. The molecule has 0 radical (unpaired) electrons. The van der Waals surface area contributed by atoms with Crippen LogP contribution in [0.4, 0.5) is 0 Å². The van der Waals surface area contributed by atoms with Crippen molar-refractivity contribution in [2.75, 3.05) is 0 Å². The van der Waals surface area contributed by atoms with Gasteiger partial charge in [0.2, 0.25) is 0 Å². The molecule has 0 saturated carbocycles. The number of aliphatic hydroxyl groups is 10. The number of carbonyl (C=O) groups excluding carboxylic acids is 1. The Bertz CT molecular complexity index is 1850. The number of hydrogen-bond acceptors (Lipinski definition) is 19. The maximum Gasteiger partial charge on any atom is 0.394 e. The van der Waals surface area contributed by atoms with Crippen LogP contribution in [-0.4, -0.2) is 183 Å². The van der Waals surface area contributed by atoms with E-state index < -0.39 is 151 Å². The number of cyclic esters (lactones) is 1. The molecule has 402 valence electrons. The number of nitrogens with two attached hydrogens (primary N) is 1. The fourth-order valence-electron chi connectivity index (χ4n) is 8.11. The first-order valence-electron chi connectivity index (χ1n) is 23.3. The molecule has 14 unspecified atom stereocenters. The number of hydrogen-bond donors (Lipinski definition) is 14. The number of carboxylic acids is 1. The first-order valence-corrected chi connectivity index (χ1v) is 24.7. The number of ether oxygens (including phenoxy) is 4. The lowest BCUT2D eigenvalue weighted by molar-refractivity contribution is -0.310. The van der Waals surface area contributed by atoms with Crippen molar-refractivity contribution in [3.63, 3.8) is 0 Å². The molecule has 3 aliphatic rings. The first-order chi connectivity index (χ1) is 32.6. The SMILES string of the molecule is CC1/C=C/C=C/CC/C=C/C=C/C=C/C=C/C(O[C@@H]2O[C@H](C)[C@@H](O)[C@H](N)[C@@H]2O)CC2OC(O)(CC(O)C(O)CCC(O)CC(O)CC(O)CC(=O)OC(C)C(C)C1O)CC(O)C2C(=O)O.O=S(=O)(O)O. The third kappa shape index (κ3) is 23.5. The minimum atomic E-state index is -4.67. The molecule has 3 aliphatic heterocycles. The van der Waals surface area contributed by atoms with Crippen molar-refractivity contribution in [1.82, 2.24) is 0 Å². The second-order valence-corrected chi connectivity index (χ2v) is 19.2. The van der Waals surface area contributed by atoms with E-state index in [4.69, 9.17) is 42.2 Å². The number of rotatable bonds is 3. The van der Waals surface area contributed by atoms with E-state index in [2.05, 4.69) is 0 Å². The number of esters is 1. The molecule has 19 atom stereocenters. The van der Waals surface area contributed by atoms with Gasteiger partial charge < -0.3 is 80.9 Å². The van der Waals surface area contributed by atoms with Crippen LogP contribution >= 0.6 is 0 Å². The Morgan fingerprint density at radius 2 is 1.24 bits per heavy atom. The van der Waals surface area contributed by atoms with Crippen molar-refractivity contribution in [2.45, 2.75) is 189 Å². The van der Waals surface area contributed by atoms with E-state index in [9.17, 15) is 65.8 Å². The zero-order valence-electron chi connectivity index (χ0n) is 40.0. The highest BCUT2D eigenvalue weighted by atomic mass is 32.3. The van der Waals surface area contributed by atoms with Crippen LogP contribution in [0.15, 0.2) is 72.9 Å². The molecular weight excluding hydrogens is 947 g/mol. The van der Waals surface area contributed by atoms with Gasteiger partial charge in [-0.3, -0.25) is 18.7 Å². The molecule has 2 fully saturated rings. The van der Waals surface area contributed by atoms with Gasteiger partial charge in [-0.2, -0.15) is 8.42 Å². The topological polar surface area (TPSA) is 394 Å². The van der Waals surface area contributed by atoms with Crippen molar-refractivity contribution in [3.8, 4) is 0 Å². The molecule has 3 rings (SSSR count). The third-order valence-electron chi connectivity index (χ3n) is 12.2. The molecular formula is C47H77NO21S. The van der Waals surface area contributed by atoms with Crippen molar-refractivity contribution in [3.05, 3.63) is 72.9 Å². The van der Waals surface area contributed by atoms with Crippen LogP contribution in [0.5, 0.6) is 0 Å². The van der Waals surface area contributed by atoms with Crippen LogP contribution in [0.3, 0.4) is 0 Å². The van der Waals surface area contributed by atoms with Crippen LogP contribution in [0.25, 0.3) is 0 Å². The van der Waals surface area contributed by atoms with Gasteiger partial charge in [0.05, 0.1) is 79.6 Å². The van der Waals surface area contributed by atoms with Crippen LogP contribution in [0.1, 0.15) is 91.9 Å². The van der Waals surface area contributed by atoms with Gasteiger partial charge >= 0.3 is 22.3 Å². The van der Waals surface area contributed by atoms with Crippen LogP contribution in [0, 0.1) is 17.8 Å². The van der Waals surface area contributed by atoms with E-state index in [-0.39, 0.29) is 38.0 Å². The van der Waals surface area contributed by atoms with Crippen molar-refractivity contribution >= 4 is 22.3 Å². The second kappa shape index (κ2) is 30.7. The Hall–Kier alpha value is -3.31. The summed E-state index contributed by atoms with van der Waals surface area (Å²) in [5.74, 6) is -6.82. The molecule has 3 heterocycles. The van der Waals surface area contributed by atoms with E-state index in [1.165, 1.54) is 13.0 Å². The molecule has 2 saturated heterocycles. The summed E-state index contributed by atoms with van der Waals surface area (Å²) in [5, 5.41) is 118. The Morgan fingerprint density at radius 1 is 0.700 bits per heavy atom. The molecule has 0 aromatic carbocycles. The van der Waals surface area contributed by atoms with E-state index in [1.54, 1.807) is 38.2 Å². The summed E-state index contributed by atoms with van der Waals surface area (Å²) in [6, 6.07) is -1.14. The molecule has 0 aliphatic carbocycles. The number of carboxylic acid groups (broad SMARTS) is 1. The summed E-state index contributed by atoms with van der Waals surface area (Å²) in [5.41, 5.74) is 6.02. The van der Waals surface area contributed by atoms with Gasteiger partial charge in [0.15, 0.2) is 12.1 Å². The highest BCUT2D eigenvalue weighted by molar-refractivity contribution is 7.79. The number of aliphatic carboxylic acids is 1. The molecule has 15 N–H and O–H groups in total. The average molecular weight is 1020 g/mol. The van der Waals surface area contributed by atoms with Gasteiger partial charge in [-0.05, 0) is 52.4 Å². The van der Waals surface area contributed by atoms with Gasteiger partial charge in [0.1, 0.15) is 18.1 Å². The van der Waals surface area contributed by atoms with E-state index in [0.717, 1.165) is 12.8 Å². The number of aliphatic hydroxyl groups excluding tert-OH is 9. The van der Waals surface area contributed by atoms with Gasteiger partial charge in [0.25, 0.3) is 0 Å². The molecule has 0 aromatic heterocycles. The standard InChI is InChI=1S/C47H75NO17.H2O4S/c1-27-17-15-13-11-9-7-5-6-8-10-12-14-16-18-34(64-46-44(58)41(48)43(57)30(4)63-46)24-38-40(45(59)60)37(54)26-47(61,65-38)25-36(53)35(52)20-19-31(49)21-32(50)22-33(51)23-39(55)62-29(3)28(2)42(27)56;1-5(2,3)4/h5-6,8,10-18,27-38,40-44,46,49-54,56-58,61H,7,9,19-26,48H2,1-4H3,(H,59,60);(H2,1,2,3,4)/b6-5+,10-8+,13-11+,14-12+,17-15+,18-16+;/t27?,28?,29?,30-,31?,32?,33?,34?,35?,36?,37?,38?,40?,41+,42?,43-,44+,46+,47?;/m1./s1. The summed E-state index contributed by atoms with van der Waals surface area (Å²) < 4.78 is 54.7. The summed E-state index contributed by atoms with van der Waals surface area (Å²) in [6.45, 7) is 6.78. The number of allylic oxidation sites excluding steroid dienone is 10.